The Balaban J connectivity index is 2.62. The molecule has 0 aliphatic carbocycles. The van der Waals surface area contributed by atoms with Gasteiger partial charge in [-0.15, -0.1) is 0 Å². The van der Waals surface area contributed by atoms with E-state index in [0.717, 1.165) is 11.1 Å². The van der Waals surface area contributed by atoms with E-state index in [0.29, 0.717) is 12.4 Å². The molecule has 0 aromatic heterocycles. The number of hydrogen-bond donors (Lipinski definition) is 2. The normalized spacial score (nSPS) is 13.7. The summed E-state index contributed by atoms with van der Waals surface area (Å²) in [6.45, 7) is 4.04. The quantitative estimate of drug-likeness (QED) is 0.446. The summed E-state index contributed by atoms with van der Waals surface area (Å²) < 4.78 is 0. The maximum atomic E-state index is 5.77. The Morgan fingerprint density at radius 2 is 2.27 bits per heavy atom. The van der Waals surface area contributed by atoms with E-state index in [1.807, 2.05) is 31.2 Å². The number of rotatable bonds is 4. The van der Waals surface area contributed by atoms with E-state index in [1.165, 1.54) is 0 Å². The van der Waals surface area contributed by atoms with Crippen molar-refractivity contribution in [1.82, 2.24) is 0 Å². The zero-order valence-corrected chi connectivity index (χ0v) is 9.10. The lowest BCUT2D eigenvalue weighted by atomic mass is 10.1. The van der Waals surface area contributed by atoms with Gasteiger partial charge in [0.05, 0.1) is 0 Å². The first-order valence-corrected chi connectivity index (χ1v) is 4.86. The summed E-state index contributed by atoms with van der Waals surface area (Å²) in [6.07, 6.45) is 0. The molecular weight excluding hydrogens is 190 g/mol. The van der Waals surface area contributed by atoms with Gasteiger partial charge in [-0.3, -0.25) is 0 Å². The smallest absolute Gasteiger partial charge is 0.142 e. The average molecular weight is 207 g/mol. The van der Waals surface area contributed by atoms with Crippen LogP contribution in [0.4, 0.5) is 0 Å². The van der Waals surface area contributed by atoms with Crippen LogP contribution in [0.2, 0.25) is 0 Å². The molecule has 0 aliphatic rings. The summed E-state index contributed by atoms with van der Waals surface area (Å²) in [6, 6.07) is 7.95. The van der Waals surface area contributed by atoms with Gasteiger partial charge < -0.3 is 16.3 Å². The molecule has 0 saturated carbocycles. The molecule has 1 aromatic rings. The van der Waals surface area contributed by atoms with Crippen LogP contribution < -0.4 is 11.5 Å². The van der Waals surface area contributed by atoms with Crippen LogP contribution in [-0.4, -0.2) is 5.84 Å². The summed E-state index contributed by atoms with van der Waals surface area (Å²) in [5.74, 6) is 0.415. The second-order valence-electron chi connectivity index (χ2n) is 3.54. The third-order valence-corrected chi connectivity index (χ3v) is 1.92. The van der Waals surface area contributed by atoms with E-state index in [1.54, 1.807) is 6.92 Å². The first-order valence-electron chi connectivity index (χ1n) is 4.86. The molecule has 4 N–H and O–H groups in total. The van der Waals surface area contributed by atoms with Gasteiger partial charge in [-0.05, 0) is 25.0 Å². The van der Waals surface area contributed by atoms with Gasteiger partial charge in [0.25, 0.3) is 0 Å². The predicted molar refractivity (Wildman–Crippen MR) is 61.1 cm³/mol. The summed E-state index contributed by atoms with van der Waals surface area (Å²) in [4.78, 5) is 5.04. The molecule has 0 saturated heterocycles. The lowest BCUT2D eigenvalue weighted by Crippen LogP contribution is -2.07. The zero-order chi connectivity index (χ0) is 11.3. The van der Waals surface area contributed by atoms with Crippen molar-refractivity contribution in [2.45, 2.75) is 26.5 Å². The van der Waals surface area contributed by atoms with Crippen molar-refractivity contribution in [2.75, 3.05) is 0 Å². The Labute approximate surface area is 89.9 Å². The zero-order valence-electron chi connectivity index (χ0n) is 9.10. The van der Waals surface area contributed by atoms with Gasteiger partial charge in [-0.2, -0.15) is 0 Å². The van der Waals surface area contributed by atoms with Crippen molar-refractivity contribution in [2.24, 2.45) is 16.6 Å². The van der Waals surface area contributed by atoms with Crippen LogP contribution in [0.1, 0.15) is 31.0 Å². The van der Waals surface area contributed by atoms with Gasteiger partial charge in [0.1, 0.15) is 12.4 Å². The van der Waals surface area contributed by atoms with E-state index < -0.39 is 0 Å². The van der Waals surface area contributed by atoms with Crippen molar-refractivity contribution in [3.8, 4) is 0 Å². The molecule has 4 nitrogen and oxygen atoms in total. The van der Waals surface area contributed by atoms with E-state index in [4.69, 9.17) is 16.3 Å². The van der Waals surface area contributed by atoms with Crippen LogP contribution >= 0.6 is 0 Å². The molecule has 82 valence electrons. The average Bonchev–Trinajstić information content (AvgIpc) is 2.17. The topological polar surface area (TPSA) is 73.6 Å². The molecule has 0 spiro atoms. The minimum absolute atomic E-state index is 0.0321. The monoisotopic (exact) mass is 207 g/mol. The highest BCUT2D eigenvalue weighted by Crippen LogP contribution is 2.12. The van der Waals surface area contributed by atoms with Gasteiger partial charge in [0.15, 0.2) is 0 Å². The molecule has 0 aliphatic heterocycles. The van der Waals surface area contributed by atoms with Crippen LogP contribution in [0.3, 0.4) is 0 Å². The summed E-state index contributed by atoms with van der Waals surface area (Å²) >= 11 is 0. The second kappa shape index (κ2) is 5.36. The highest BCUT2D eigenvalue weighted by Gasteiger charge is 2.00. The predicted octanol–water partition coefficient (Wildman–Crippen LogP) is 1.51. The Morgan fingerprint density at radius 1 is 1.53 bits per heavy atom. The standard InChI is InChI=1S/C11H17N3O/c1-8(12)11-5-3-4-10(6-11)7-15-14-9(2)13/h3-6,8H,7,12H2,1-2H3,(H2,13,14). The molecule has 0 bridgehead atoms. The minimum Gasteiger partial charge on any atom is -0.390 e. The van der Waals surface area contributed by atoms with E-state index in [-0.39, 0.29) is 6.04 Å². The molecule has 1 rings (SSSR count). The summed E-state index contributed by atoms with van der Waals surface area (Å²) in [5, 5.41) is 3.66. The van der Waals surface area contributed by atoms with Crippen molar-refractivity contribution in [1.29, 1.82) is 0 Å². The van der Waals surface area contributed by atoms with Gasteiger partial charge >= 0.3 is 0 Å². The number of benzene rings is 1. The fourth-order valence-corrected chi connectivity index (χ4v) is 1.17. The Hall–Kier alpha value is -1.55. The largest absolute Gasteiger partial charge is 0.390 e. The molecule has 0 heterocycles. The third-order valence-electron chi connectivity index (χ3n) is 1.92. The molecule has 0 radical (unpaired) electrons. The molecular formula is C11H17N3O. The third kappa shape index (κ3) is 3.99. The van der Waals surface area contributed by atoms with Crippen molar-refractivity contribution in [3.05, 3.63) is 35.4 Å². The first kappa shape index (κ1) is 11.5. The minimum atomic E-state index is 0.0321. The highest BCUT2D eigenvalue weighted by molar-refractivity contribution is 5.76. The molecule has 4 heteroatoms. The molecule has 1 atom stereocenters. The van der Waals surface area contributed by atoms with Crippen LogP contribution in [0.15, 0.2) is 29.4 Å². The fraction of sp³-hybridized carbons (Fsp3) is 0.364. The van der Waals surface area contributed by atoms with E-state index in [9.17, 15) is 0 Å². The van der Waals surface area contributed by atoms with Gasteiger partial charge in [0.2, 0.25) is 0 Å². The number of nitrogens with two attached hydrogens (primary N) is 2. The number of oxime groups is 1. The Morgan fingerprint density at radius 3 is 2.87 bits per heavy atom. The molecule has 1 unspecified atom stereocenters. The van der Waals surface area contributed by atoms with Crippen molar-refractivity contribution in [3.63, 3.8) is 0 Å². The number of amidine groups is 1. The van der Waals surface area contributed by atoms with Gasteiger partial charge in [-0.1, -0.05) is 29.4 Å². The molecule has 1 aromatic carbocycles. The fourth-order valence-electron chi connectivity index (χ4n) is 1.17. The maximum absolute atomic E-state index is 5.77. The Kier molecular flexibility index (Phi) is 4.12. The molecule has 0 amide bonds. The van der Waals surface area contributed by atoms with Gasteiger partial charge in [0, 0.05) is 6.04 Å². The van der Waals surface area contributed by atoms with Crippen LogP contribution in [0.25, 0.3) is 0 Å². The van der Waals surface area contributed by atoms with Crippen LogP contribution in [-0.2, 0) is 11.4 Å². The first-order chi connectivity index (χ1) is 7.09. The van der Waals surface area contributed by atoms with Crippen molar-refractivity contribution < 1.29 is 4.84 Å². The van der Waals surface area contributed by atoms with Crippen LogP contribution in [0.5, 0.6) is 0 Å². The highest BCUT2D eigenvalue weighted by atomic mass is 16.6. The summed E-state index contributed by atoms with van der Waals surface area (Å²) in [5.41, 5.74) is 13.2. The second-order valence-corrected chi connectivity index (χ2v) is 3.54. The number of nitrogens with zero attached hydrogens (tertiary/aromatic N) is 1. The summed E-state index contributed by atoms with van der Waals surface area (Å²) in [7, 11) is 0. The lowest BCUT2D eigenvalue weighted by Gasteiger charge is -2.07. The maximum Gasteiger partial charge on any atom is 0.142 e. The van der Waals surface area contributed by atoms with Crippen molar-refractivity contribution >= 4 is 5.84 Å². The van der Waals surface area contributed by atoms with E-state index >= 15 is 0 Å². The Bertz CT molecular complexity index is 343. The SMILES string of the molecule is C/C(N)=N/OCc1cccc(C(C)N)c1. The lowest BCUT2D eigenvalue weighted by molar-refractivity contribution is 0.130. The molecule has 0 fully saturated rings. The number of hydrogen-bond acceptors (Lipinski definition) is 3. The van der Waals surface area contributed by atoms with E-state index in [2.05, 4.69) is 5.16 Å². The van der Waals surface area contributed by atoms with Gasteiger partial charge in [-0.25, -0.2) is 0 Å². The molecule has 15 heavy (non-hydrogen) atoms. The van der Waals surface area contributed by atoms with Crippen LogP contribution in [0, 0.1) is 0 Å².